The van der Waals surface area contributed by atoms with Crippen LogP contribution in [0.15, 0.2) is 11.6 Å². The van der Waals surface area contributed by atoms with Crippen LogP contribution in [0.3, 0.4) is 0 Å². The Bertz CT molecular complexity index is 1070. The van der Waals surface area contributed by atoms with Crippen LogP contribution in [0.5, 0.6) is 0 Å². The van der Waals surface area contributed by atoms with Crippen LogP contribution >= 0.6 is 0 Å². The lowest BCUT2D eigenvalue weighted by Gasteiger charge is -2.60. The normalized spacial score (nSPS) is 59.0. The van der Waals surface area contributed by atoms with Gasteiger partial charge in [-0.05, 0) is 80.5 Å². The number of rotatable bonds is 3. The average molecular weight is 593 g/mol. The summed E-state index contributed by atoms with van der Waals surface area (Å²) in [7, 11) is 0. The third-order valence-electron chi connectivity index (χ3n) is 13.8. The van der Waals surface area contributed by atoms with Crippen LogP contribution in [-0.2, 0) is 18.9 Å². The molecule has 3 saturated carbocycles. The smallest absolute Gasteiger partial charge is 0.186 e. The quantitative estimate of drug-likeness (QED) is 0.313. The molecule has 9 heteroatoms. The first-order valence-electron chi connectivity index (χ1n) is 16.6. The maximum atomic E-state index is 12.6. The Labute approximate surface area is 249 Å². The summed E-state index contributed by atoms with van der Waals surface area (Å²) in [6, 6.07) is 0. The van der Waals surface area contributed by atoms with Crippen LogP contribution in [0.25, 0.3) is 0 Å². The van der Waals surface area contributed by atoms with Crippen molar-refractivity contribution in [2.24, 2.45) is 40.4 Å². The van der Waals surface area contributed by atoms with Gasteiger partial charge in [-0.25, -0.2) is 0 Å². The molecule has 0 aromatic heterocycles. The van der Waals surface area contributed by atoms with E-state index in [1.807, 2.05) is 0 Å². The van der Waals surface area contributed by atoms with Gasteiger partial charge in [-0.2, -0.15) is 0 Å². The predicted molar refractivity (Wildman–Crippen MR) is 152 cm³/mol. The van der Waals surface area contributed by atoms with E-state index < -0.39 is 48.7 Å². The van der Waals surface area contributed by atoms with E-state index >= 15 is 0 Å². The Morgan fingerprint density at radius 1 is 0.976 bits per heavy atom. The topological polar surface area (TPSA) is 138 Å². The lowest BCUT2D eigenvalue weighted by molar-refractivity contribution is -0.313. The zero-order valence-electron chi connectivity index (χ0n) is 25.7. The number of ether oxygens (including phenoxy) is 4. The van der Waals surface area contributed by atoms with Crippen LogP contribution in [0.4, 0.5) is 0 Å². The van der Waals surface area contributed by atoms with Crippen molar-refractivity contribution in [1.29, 1.82) is 0 Å². The molecule has 0 aromatic carbocycles. The molecule has 42 heavy (non-hydrogen) atoms. The Balaban J connectivity index is 1.07. The zero-order chi connectivity index (χ0) is 29.8. The van der Waals surface area contributed by atoms with Gasteiger partial charge < -0.3 is 44.5 Å². The van der Waals surface area contributed by atoms with Gasteiger partial charge in [-0.1, -0.05) is 39.3 Å². The van der Waals surface area contributed by atoms with Gasteiger partial charge in [0.1, 0.15) is 30.0 Å². The summed E-state index contributed by atoms with van der Waals surface area (Å²) in [6.45, 7) is 9.39. The summed E-state index contributed by atoms with van der Waals surface area (Å²) in [5.41, 5.74) is 0.360. The fraction of sp³-hybridized carbons (Fsp3) is 0.939. The number of fused-ring (bicyclic) bond motifs is 7. The van der Waals surface area contributed by atoms with Gasteiger partial charge in [-0.15, -0.1) is 0 Å². The summed E-state index contributed by atoms with van der Waals surface area (Å²) in [5, 5.41) is 53.0. The Hall–Kier alpha value is -0.620. The van der Waals surface area contributed by atoms with E-state index in [0.29, 0.717) is 30.3 Å². The minimum absolute atomic E-state index is 0.0517. The molecule has 0 aromatic rings. The Kier molecular flexibility index (Phi) is 7.29. The fourth-order valence-corrected chi connectivity index (χ4v) is 11.1. The van der Waals surface area contributed by atoms with Crippen molar-refractivity contribution in [2.75, 3.05) is 13.2 Å². The third kappa shape index (κ3) is 4.00. The summed E-state index contributed by atoms with van der Waals surface area (Å²) in [6.07, 6.45) is 4.17. The van der Waals surface area contributed by atoms with Gasteiger partial charge in [0, 0.05) is 17.8 Å². The van der Waals surface area contributed by atoms with E-state index in [4.69, 9.17) is 18.9 Å². The van der Waals surface area contributed by atoms with Crippen molar-refractivity contribution in [3.05, 3.63) is 11.6 Å². The molecule has 4 aliphatic carbocycles. The van der Waals surface area contributed by atoms with E-state index in [9.17, 15) is 25.5 Å². The van der Waals surface area contributed by atoms with Crippen molar-refractivity contribution < 1.29 is 44.5 Å². The van der Waals surface area contributed by atoms with Gasteiger partial charge >= 0.3 is 0 Å². The first kappa shape index (κ1) is 30.1. The molecule has 6 fully saturated rings. The van der Waals surface area contributed by atoms with E-state index in [2.05, 4.69) is 33.8 Å². The summed E-state index contributed by atoms with van der Waals surface area (Å²) < 4.78 is 25.0. The third-order valence-corrected chi connectivity index (χ3v) is 13.8. The predicted octanol–water partition coefficient (Wildman–Crippen LogP) is 2.65. The maximum Gasteiger partial charge on any atom is 0.186 e. The van der Waals surface area contributed by atoms with Gasteiger partial charge in [0.05, 0.1) is 25.4 Å². The first-order valence-corrected chi connectivity index (χ1v) is 16.6. The molecule has 16 atom stereocenters. The Morgan fingerprint density at radius 2 is 1.76 bits per heavy atom. The lowest BCUT2D eigenvalue weighted by Crippen LogP contribution is -2.60. The molecule has 1 spiro atoms. The van der Waals surface area contributed by atoms with Crippen LogP contribution in [0.1, 0.15) is 85.5 Å². The zero-order valence-corrected chi connectivity index (χ0v) is 25.7. The fourth-order valence-electron chi connectivity index (χ4n) is 11.1. The van der Waals surface area contributed by atoms with Gasteiger partial charge in [0.2, 0.25) is 0 Å². The second kappa shape index (κ2) is 10.2. The molecule has 7 aliphatic rings. The molecule has 3 saturated heterocycles. The molecule has 7 rings (SSSR count). The SMILES string of the molecule is C[C@@H]1CC[C@@]2(OC1)O[C@H]1C[C@H]3[C@@H]4CC=C5CC(O[C@@H]6O[C@H](CO)[C@@H](O)[C@H](O)[C@H]6O)CC[C@]5(C)[C@H]4CC[C@]3(C)[C@@]1(O)[C@@H]2C. The monoisotopic (exact) mass is 592 g/mol. The summed E-state index contributed by atoms with van der Waals surface area (Å²) in [4.78, 5) is 0. The van der Waals surface area contributed by atoms with Crippen LogP contribution in [0.2, 0.25) is 0 Å². The molecular formula is C33H52O9. The molecule has 238 valence electrons. The number of aliphatic hydroxyl groups excluding tert-OH is 4. The molecule has 5 N–H and O–H groups in total. The second-order valence-corrected chi connectivity index (χ2v) is 15.6. The molecule has 0 bridgehead atoms. The molecule has 3 heterocycles. The van der Waals surface area contributed by atoms with E-state index in [1.165, 1.54) is 5.57 Å². The highest BCUT2D eigenvalue weighted by atomic mass is 16.7. The van der Waals surface area contributed by atoms with Crippen LogP contribution < -0.4 is 0 Å². The minimum atomic E-state index is -1.43. The molecule has 0 amide bonds. The number of aliphatic hydroxyl groups is 5. The highest BCUT2D eigenvalue weighted by Crippen LogP contribution is 2.72. The second-order valence-electron chi connectivity index (χ2n) is 15.6. The summed E-state index contributed by atoms with van der Waals surface area (Å²) in [5.74, 6) is 1.24. The molecule has 9 nitrogen and oxygen atoms in total. The first-order chi connectivity index (χ1) is 19.9. The van der Waals surface area contributed by atoms with Crippen molar-refractivity contribution in [3.8, 4) is 0 Å². The van der Waals surface area contributed by atoms with Crippen molar-refractivity contribution in [2.45, 2.75) is 140 Å². The van der Waals surface area contributed by atoms with E-state index in [0.717, 1.165) is 57.8 Å². The van der Waals surface area contributed by atoms with Gasteiger partial charge in [-0.3, -0.25) is 0 Å². The minimum Gasteiger partial charge on any atom is -0.394 e. The lowest BCUT2D eigenvalue weighted by atomic mass is 9.46. The highest BCUT2D eigenvalue weighted by Gasteiger charge is 2.76. The molecule has 0 radical (unpaired) electrons. The van der Waals surface area contributed by atoms with Gasteiger partial charge in [0.25, 0.3) is 0 Å². The molecule has 3 aliphatic heterocycles. The number of hydrogen-bond acceptors (Lipinski definition) is 9. The van der Waals surface area contributed by atoms with E-state index in [1.54, 1.807) is 0 Å². The maximum absolute atomic E-state index is 12.6. The summed E-state index contributed by atoms with van der Waals surface area (Å²) >= 11 is 0. The number of hydrogen-bond donors (Lipinski definition) is 5. The molecule has 1 unspecified atom stereocenters. The van der Waals surface area contributed by atoms with Gasteiger partial charge in [0.15, 0.2) is 12.1 Å². The van der Waals surface area contributed by atoms with Crippen molar-refractivity contribution in [1.82, 2.24) is 0 Å². The Morgan fingerprint density at radius 3 is 2.48 bits per heavy atom. The van der Waals surface area contributed by atoms with Crippen LogP contribution in [0, 0.1) is 40.4 Å². The number of allylic oxidation sites excluding steroid dienone is 1. The van der Waals surface area contributed by atoms with Crippen molar-refractivity contribution >= 4 is 0 Å². The van der Waals surface area contributed by atoms with E-state index in [-0.39, 0.29) is 29.0 Å². The van der Waals surface area contributed by atoms with Crippen molar-refractivity contribution in [3.63, 3.8) is 0 Å². The molecular weight excluding hydrogens is 540 g/mol. The highest BCUT2D eigenvalue weighted by molar-refractivity contribution is 5.29. The van der Waals surface area contributed by atoms with Crippen LogP contribution in [-0.4, -0.2) is 93.0 Å². The average Bonchev–Trinajstić information content (AvgIpc) is 3.33. The standard InChI is InChI=1S/C33H52O9/c1-17-7-12-32(39-16-17)18(2)33(38)25(42-32)14-23-21-6-5-19-13-20(8-10-30(19,3)22(21)9-11-31(23,33)4)40-29-28(37)27(36)26(35)24(15-34)41-29/h5,17-18,20-29,34-38H,6-16H2,1-4H3/t17-,18-,20?,21-,22+,23+,24-,25+,26-,27+,28-,29-,30+,31+,32-,33-/m1/s1. The largest absolute Gasteiger partial charge is 0.394 e.